The normalized spacial score (nSPS) is 11.8. The molecule has 1 heterocycles. The van der Waals surface area contributed by atoms with Gasteiger partial charge in [-0.15, -0.1) is 5.10 Å². The number of sulfonamides is 1. The SMILES string of the molecule is Cc1cc(S(=O)(=O)N(C)Cc2ccccc2)ccc1-n1cnnn1. The highest BCUT2D eigenvalue weighted by Crippen LogP contribution is 2.21. The largest absolute Gasteiger partial charge is 0.243 e. The van der Waals surface area contributed by atoms with Crippen LogP contribution >= 0.6 is 0 Å². The second-order valence-electron chi connectivity index (χ2n) is 5.45. The summed E-state index contributed by atoms with van der Waals surface area (Å²) in [4.78, 5) is 0.246. The first-order valence-corrected chi connectivity index (χ1v) is 8.77. The molecule has 2 aromatic carbocycles. The summed E-state index contributed by atoms with van der Waals surface area (Å²) in [6.07, 6.45) is 1.47. The van der Waals surface area contributed by atoms with Gasteiger partial charge in [0.25, 0.3) is 0 Å². The minimum absolute atomic E-state index is 0.246. The van der Waals surface area contributed by atoms with Gasteiger partial charge < -0.3 is 0 Å². The molecular formula is C16H17N5O2S. The van der Waals surface area contributed by atoms with Gasteiger partial charge >= 0.3 is 0 Å². The van der Waals surface area contributed by atoms with Crippen molar-refractivity contribution >= 4 is 10.0 Å². The zero-order valence-corrected chi connectivity index (χ0v) is 14.2. The quantitative estimate of drug-likeness (QED) is 0.705. The first-order valence-electron chi connectivity index (χ1n) is 7.33. The third-order valence-electron chi connectivity index (χ3n) is 3.72. The van der Waals surface area contributed by atoms with E-state index < -0.39 is 10.0 Å². The molecule has 0 bridgehead atoms. The fraction of sp³-hybridized carbons (Fsp3) is 0.188. The van der Waals surface area contributed by atoms with Crippen molar-refractivity contribution in [3.8, 4) is 5.69 Å². The Morgan fingerprint density at radius 3 is 2.50 bits per heavy atom. The lowest BCUT2D eigenvalue weighted by molar-refractivity contribution is 0.466. The number of hydrogen-bond donors (Lipinski definition) is 0. The van der Waals surface area contributed by atoms with Crippen LogP contribution in [0.1, 0.15) is 11.1 Å². The Morgan fingerprint density at radius 2 is 1.88 bits per heavy atom. The maximum atomic E-state index is 12.8. The maximum Gasteiger partial charge on any atom is 0.243 e. The van der Waals surface area contributed by atoms with Gasteiger partial charge in [0.1, 0.15) is 6.33 Å². The summed E-state index contributed by atoms with van der Waals surface area (Å²) >= 11 is 0. The van der Waals surface area contributed by atoms with Crippen LogP contribution in [0.2, 0.25) is 0 Å². The van der Waals surface area contributed by atoms with Gasteiger partial charge in [-0.3, -0.25) is 0 Å². The van der Waals surface area contributed by atoms with E-state index in [1.807, 2.05) is 37.3 Å². The van der Waals surface area contributed by atoms with Crippen molar-refractivity contribution in [1.82, 2.24) is 24.5 Å². The molecule has 0 aliphatic carbocycles. The molecule has 7 nitrogen and oxygen atoms in total. The van der Waals surface area contributed by atoms with Gasteiger partial charge in [-0.05, 0) is 46.7 Å². The molecule has 0 atom stereocenters. The number of rotatable bonds is 5. The molecule has 0 saturated heterocycles. The van der Waals surface area contributed by atoms with Gasteiger partial charge in [-0.1, -0.05) is 30.3 Å². The molecule has 0 spiro atoms. The molecule has 3 aromatic rings. The second-order valence-corrected chi connectivity index (χ2v) is 7.49. The number of hydrogen-bond acceptors (Lipinski definition) is 5. The molecule has 0 aliphatic heterocycles. The average molecular weight is 343 g/mol. The topological polar surface area (TPSA) is 81.0 Å². The van der Waals surface area contributed by atoms with Gasteiger partial charge in [-0.25, -0.2) is 13.1 Å². The lowest BCUT2D eigenvalue weighted by atomic mass is 10.2. The standard InChI is InChI=1S/C16H17N5O2S/c1-13-10-15(8-9-16(13)21-12-17-18-19-21)24(22,23)20(2)11-14-6-4-3-5-7-14/h3-10,12H,11H2,1-2H3. The number of nitrogens with zero attached hydrogens (tertiary/aromatic N) is 5. The van der Waals surface area contributed by atoms with E-state index in [1.54, 1.807) is 25.2 Å². The van der Waals surface area contributed by atoms with Gasteiger partial charge in [-0.2, -0.15) is 4.31 Å². The highest BCUT2D eigenvalue weighted by molar-refractivity contribution is 7.89. The summed E-state index contributed by atoms with van der Waals surface area (Å²) in [5, 5.41) is 11.0. The maximum absolute atomic E-state index is 12.8. The molecule has 0 saturated carbocycles. The predicted molar refractivity (Wildman–Crippen MR) is 89.0 cm³/mol. The highest BCUT2D eigenvalue weighted by Gasteiger charge is 2.21. The van der Waals surface area contributed by atoms with Crippen molar-refractivity contribution in [3.05, 3.63) is 66.0 Å². The van der Waals surface area contributed by atoms with E-state index in [0.717, 1.165) is 16.8 Å². The van der Waals surface area contributed by atoms with Crippen molar-refractivity contribution in [2.24, 2.45) is 0 Å². The van der Waals surface area contributed by atoms with Crippen molar-refractivity contribution in [3.63, 3.8) is 0 Å². The fourth-order valence-electron chi connectivity index (χ4n) is 2.42. The van der Waals surface area contributed by atoms with E-state index in [-0.39, 0.29) is 4.90 Å². The molecule has 24 heavy (non-hydrogen) atoms. The third-order valence-corrected chi connectivity index (χ3v) is 5.52. The zero-order valence-electron chi connectivity index (χ0n) is 13.4. The average Bonchev–Trinajstić information content (AvgIpc) is 3.09. The Balaban J connectivity index is 1.88. The number of aryl methyl sites for hydroxylation is 1. The van der Waals surface area contributed by atoms with E-state index >= 15 is 0 Å². The Bertz CT molecular complexity index is 924. The van der Waals surface area contributed by atoms with Gasteiger partial charge in [0, 0.05) is 13.6 Å². The summed E-state index contributed by atoms with van der Waals surface area (Å²) < 4.78 is 28.4. The van der Waals surface area contributed by atoms with Gasteiger partial charge in [0.2, 0.25) is 10.0 Å². The summed E-state index contributed by atoms with van der Waals surface area (Å²) in [6.45, 7) is 2.14. The molecule has 0 aliphatic rings. The summed E-state index contributed by atoms with van der Waals surface area (Å²) in [6, 6.07) is 14.4. The van der Waals surface area contributed by atoms with Crippen molar-refractivity contribution in [2.45, 2.75) is 18.4 Å². The summed E-state index contributed by atoms with van der Waals surface area (Å²) in [5.41, 5.74) is 2.45. The molecule has 8 heteroatoms. The van der Waals surface area contributed by atoms with Crippen LogP contribution in [0, 0.1) is 6.92 Å². The van der Waals surface area contributed by atoms with Gasteiger partial charge in [0.15, 0.2) is 0 Å². The molecular weight excluding hydrogens is 326 g/mol. The van der Waals surface area contributed by atoms with Crippen LogP contribution in [0.4, 0.5) is 0 Å². The minimum Gasteiger partial charge on any atom is -0.207 e. The smallest absolute Gasteiger partial charge is 0.207 e. The number of benzene rings is 2. The van der Waals surface area contributed by atoms with Crippen LogP contribution < -0.4 is 0 Å². The predicted octanol–water partition coefficient (Wildman–Crippen LogP) is 1.79. The van der Waals surface area contributed by atoms with E-state index in [4.69, 9.17) is 0 Å². The van der Waals surface area contributed by atoms with Crippen LogP contribution in [0.25, 0.3) is 5.69 Å². The fourth-order valence-corrected chi connectivity index (χ4v) is 3.67. The number of tetrazole rings is 1. The second kappa shape index (κ2) is 6.50. The van der Waals surface area contributed by atoms with E-state index in [9.17, 15) is 8.42 Å². The summed E-state index contributed by atoms with van der Waals surface area (Å²) in [7, 11) is -2.00. The molecule has 3 rings (SSSR count). The Labute approximate surface area is 140 Å². The van der Waals surface area contributed by atoms with Crippen molar-refractivity contribution < 1.29 is 8.42 Å². The van der Waals surface area contributed by atoms with E-state index in [1.165, 1.54) is 15.3 Å². The molecule has 0 unspecified atom stereocenters. The van der Waals surface area contributed by atoms with Crippen molar-refractivity contribution in [2.75, 3.05) is 7.05 Å². The monoisotopic (exact) mass is 343 g/mol. The minimum atomic E-state index is -3.57. The van der Waals surface area contributed by atoms with Crippen LogP contribution in [-0.2, 0) is 16.6 Å². The van der Waals surface area contributed by atoms with Crippen LogP contribution in [-0.4, -0.2) is 40.0 Å². The first kappa shape index (κ1) is 16.3. The van der Waals surface area contributed by atoms with Crippen LogP contribution in [0.5, 0.6) is 0 Å². The van der Waals surface area contributed by atoms with Crippen molar-refractivity contribution in [1.29, 1.82) is 0 Å². The number of aromatic nitrogens is 4. The Hall–Kier alpha value is -2.58. The zero-order chi connectivity index (χ0) is 17.2. The Morgan fingerprint density at radius 1 is 1.12 bits per heavy atom. The molecule has 1 aromatic heterocycles. The van der Waals surface area contributed by atoms with Gasteiger partial charge in [0.05, 0.1) is 10.6 Å². The molecule has 124 valence electrons. The van der Waals surface area contributed by atoms with Crippen LogP contribution in [0.15, 0.2) is 59.8 Å². The van der Waals surface area contributed by atoms with E-state index in [2.05, 4.69) is 15.5 Å². The van der Waals surface area contributed by atoms with E-state index in [0.29, 0.717) is 6.54 Å². The molecule has 0 N–H and O–H groups in total. The molecule has 0 amide bonds. The lowest BCUT2D eigenvalue weighted by Crippen LogP contribution is -2.26. The highest BCUT2D eigenvalue weighted by atomic mass is 32.2. The summed E-state index contributed by atoms with van der Waals surface area (Å²) in [5.74, 6) is 0. The molecule has 0 radical (unpaired) electrons. The third kappa shape index (κ3) is 3.19. The lowest BCUT2D eigenvalue weighted by Gasteiger charge is -2.18. The Kier molecular flexibility index (Phi) is 4.41. The molecule has 0 fully saturated rings. The first-order chi connectivity index (χ1) is 11.5. The van der Waals surface area contributed by atoms with Crippen LogP contribution in [0.3, 0.4) is 0 Å².